The highest BCUT2D eigenvalue weighted by molar-refractivity contribution is 8.00. The molecule has 0 aromatic heterocycles. The summed E-state index contributed by atoms with van der Waals surface area (Å²) >= 11 is -0.165. The lowest BCUT2D eigenvalue weighted by molar-refractivity contribution is -0.0328. The number of thioether (sulfide) groups is 1. The molecular weight excluding hydrogens is 223 g/mol. The van der Waals surface area contributed by atoms with E-state index in [4.69, 9.17) is 5.73 Å². The van der Waals surface area contributed by atoms with E-state index in [9.17, 15) is 13.2 Å². The Morgan fingerprint density at radius 1 is 1.23 bits per heavy atom. The zero-order valence-corrected chi connectivity index (χ0v) is 7.97. The van der Waals surface area contributed by atoms with Crippen molar-refractivity contribution in [1.29, 1.82) is 0 Å². The molecule has 0 saturated carbocycles. The van der Waals surface area contributed by atoms with Gasteiger partial charge in [0.15, 0.2) is 0 Å². The van der Waals surface area contributed by atoms with Gasteiger partial charge < -0.3 is 5.73 Å². The minimum absolute atomic E-state index is 0. The van der Waals surface area contributed by atoms with Crippen LogP contribution >= 0.6 is 24.2 Å². The van der Waals surface area contributed by atoms with Gasteiger partial charge in [-0.3, -0.25) is 0 Å². The molecule has 1 aromatic carbocycles. The average Bonchev–Trinajstić information content (AvgIpc) is 1.82. The third-order valence-corrected chi connectivity index (χ3v) is 1.81. The van der Waals surface area contributed by atoms with Crippen LogP contribution in [0.3, 0.4) is 0 Å². The second-order valence-electron chi connectivity index (χ2n) is 2.12. The summed E-state index contributed by atoms with van der Waals surface area (Å²) in [5.41, 5.74) is 1.39. The minimum atomic E-state index is -4.24. The molecule has 13 heavy (non-hydrogen) atoms. The van der Waals surface area contributed by atoms with Gasteiger partial charge in [-0.1, -0.05) is 6.07 Å². The molecule has 1 nitrogen and oxygen atoms in total. The quantitative estimate of drug-likeness (QED) is 0.591. The monoisotopic (exact) mass is 229 g/mol. The van der Waals surface area contributed by atoms with Gasteiger partial charge in [0.05, 0.1) is 0 Å². The Morgan fingerprint density at radius 2 is 1.85 bits per heavy atom. The summed E-state index contributed by atoms with van der Waals surface area (Å²) in [6.07, 6.45) is 0. The lowest BCUT2D eigenvalue weighted by atomic mass is 10.3. The first kappa shape index (κ1) is 12.4. The first-order valence-electron chi connectivity index (χ1n) is 3.09. The molecule has 0 fully saturated rings. The van der Waals surface area contributed by atoms with Crippen LogP contribution in [0.2, 0.25) is 0 Å². The number of benzene rings is 1. The van der Waals surface area contributed by atoms with Crippen LogP contribution in [0.1, 0.15) is 0 Å². The number of hydrogen-bond donors (Lipinski definition) is 1. The molecule has 0 bridgehead atoms. The number of hydrogen-bond acceptors (Lipinski definition) is 2. The van der Waals surface area contributed by atoms with Gasteiger partial charge in [-0.25, -0.2) is 0 Å². The van der Waals surface area contributed by atoms with E-state index in [0.717, 1.165) is 0 Å². The van der Waals surface area contributed by atoms with Gasteiger partial charge in [0, 0.05) is 10.6 Å². The van der Waals surface area contributed by atoms with Gasteiger partial charge in [0.2, 0.25) is 0 Å². The molecule has 0 atom stereocenters. The van der Waals surface area contributed by atoms with Crippen molar-refractivity contribution in [3.8, 4) is 0 Å². The summed E-state index contributed by atoms with van der Waals surface area (Å²) < 4.78 is 35.4. The molecule has 0 aliphatic rings. The number of anilines is 1. The first-order valence-corrected chi connectivity index (χ1v) is 3.90. The van der Waals surface area contributed by atoms with Crippen LogP contribution in [-0.4, -0.2) is 5.51 Å². The van der Waals surface area contributed by atoms with Crippen molar-refractivity contribution in [2.24, 2.45) is 0 Å². The molecule has 0 spiro atoms. The van der Waals surface area contributed by atoms with Crippen LogP contribution in [-0.2, 0) is 0 Å². The van der Waals surface area contributed by atoms with E-state index in [1.807, 2.05) is 0 Å². The van der Waals surface area contributed by atoms with Crippen LogP contribution < -0.4 is 5.73 Å². The fourth-order valence-corrected chi connectivity index (χ4v) is 1.32. The number of nitrogen functional groups attached to an aromatic ring is 1. The minimum Gasteiger partial charge on any atom is -0.399 e. The molecule has 0 radical (unpaired) electrons. The van der Waals surface area contributed by atoms with Crippen molar-refractivity contribution in [3.05, 3.63) is 24.3 Å². The maximum absolute atomic E-state index is 11.8. The maximum atomic E-state index is 11.8. The zero-order valence-electron chi connectivity index (χ0n) is 6.34. The number of halogens is 4. The second-order valence-corrected chi connectivity index (χ2v) is 3.26. The van der Waals surface area contributed by atoms with Gasteiger partial charge >= 0.3 is 5.51 Å². The standard InChI is InChI=1S/C7H6F3NS.ClH/c8-7(9,10)12-6-3-1-2-5(11)4-6;/h1-4H,11H2;1H. The molecule has 0 amide bonds. The molecule has 1 rings (SSSR count). The lowest BCUT2D eigenvalue weighted by Gasteiger charge is -2.04. The highest BCUT2D eigenvalue weighted by Crippen LogP contribution is 2.37. The van der Waals surface area contributed by atoms with Gasteiger partial charge in [0.25, 0.3) is 0 Å². The zero-order chi connectivity index (χ0) is 9.19. The Hall–Kier alpha value is -0.550. The Labute approximate surface area is 83.9 Å². The molecule has 0 saturated heterocycles. The van der Waals surface area contributed by atoms with E-state index >= 15 is 0 Å². The van der Waals surface area contributed by atoms with E-state index in [1.54, 1.807) is 6.07 Å². The Morgan fingerprint density at radius 3 is 2.31 bits per heavy atom. The number of alkyl halides is 3. The van der Waals surface area contributed by atoms with Crippen LogP contribution in [0.4, 0.5) is 18.9 Å². The van der Waals surface area contributed by atoms with E-state index in [2.05, 4.69) is 0 Å². The van der Waals surface area contributed by atoms with Crippen LogP contribution in [0.25, 0.3) is 0 Å². The maximum Gasteiger partial charge on any atom is 0.446 e. The van der Waals surface area contributed by atoms with Crippen molar-refractivity contribution < 1.29 is 13.2 Å². The molecule has 0 heterocycles. The largest absolute Gasteiger partial charge is 0.446 e. The third-order valence-electron chi connectivity index (χ3n) is 1.09. The molecule has 2 N–H and O–H groups in total. The summed E-state index contributed by atoms with van der Waals surface area (Å²) in [6.45, 7) is 0. The van der Waals surface area contributed by atoms with Crippen LogP contribution in [0, 0.1) is 0 Å². The van der Waals surface area contributed by atoms with Crippen LogP contribution in [0.15, 0.2) is 29.2 Å². The molecule has 1 aromatic rings. The van der Waals surface area contributed by atoms with Crippen molar-refractivity contribution in [2.75, 3.05) is 5.73 Å². The van der Waals surface area contributed by atoms with Gasteiger partial charge in [-0.15, -0.1) is 12.4 Å². The molecule has 0 aliphatic heterocycles. The summed E-state index contributed by atoms with van der Waals surface area (Å²) in [6, 6.07) is 5.69. The highest BCUT2D eigenvalue weighted by atomic mass is 35.5. The fraction of sp³-hybridized carbons (Fsp3) is 0.143. The van der Waals surface area contributed by atoms with E-state index in [0.29, 0.717) is 5.69 Å². The van der Waals surface area contributed by atoms with Crippen molar-refractivity contribution in [2.45, 2.75) is 10.4 Å². The van der Waals surface area contributed by atoms with E-state index in [1.165, 1.54) is 18.2 Å². The molecular formula is C7H7ClF3NS. The van der Waals surface area contributed by atoms with Crippen molar-refractivity contribution >= 4 is 29.9 Å². The molecule has 0 unspecified atom stereocenters. The van der Waals surface area contributed by atoms with Crippen molar-refractivity contribution in [1.82, 2.24) is 0 Å². The SMILES string of the molecule is Cl.Nc1cccc(SC(F)(F)F)c1. The summed E-state index contributed by atoms with van der Waals surface area (Å²) in [5, 5.41) is 0. The predicted octanol–water partition coefficient (Wildman–Crippen LogP) is 3.30. The fourth-order valence-electron chi connectivity index (χ4n) is 0.712. The Bertz CT molecular complexity index is 277. The normalized spacial score (nSPS) is 10.7. The predicted molar refractivity (Wildman–Crippen MR) is 50.0 cm³/mol. The summed E-state index contributed by atoms with van der Waals surface area (Å²) in [5.74, 6) is 0. The Balaban J connectivity index is 0.00000144. The summed E-state index contributed by atoms with van der Waals surface area (Å²) in [7, 11) is 0. The second kappa shape index (κ2) is 4.62. The topological polar surface area (TPSA) is 26.0 Å². The molecule has 0 aliphatic carbocycles. The van der Waals surface area contributed by atoms with E-state index in [-0.39, 0.29) is 29.1 Å². The number of rotatable bonds is 1. The lowest BCUT2D eigenvalue weighted by Crippen LogP contribution is -1.99. The molecule has 74 valence electrons. The molecule has 6 heteroatoms. The number of nitrogens with two attached hydrogens (primary N) is 1. The van der Waals surface area contributed by atoms with Gasteiger partial charge in [-0.2, -0.15) is 13.2 Å². The van der Waals surface area contributed by atoms with E-state index < -0.39 is 5.51 Å². The first-order chi connectivity index (χ1) is 5.47. The smallest absolute Gasteiger partial charge is 0.399 e. The average molecular weight is 230 g/mol. The van der Waals surface area contributed by atoms with Crippen LogP contribution in [0.5, 0.6) is 0 Å². The highest BCUT2D eigenvalue weighted by Gasteiger charge is 2.28. The third kappa shape index (κ3) is 4.90. The van der Waals surface area contributed by atoms with Gasteiger partial charge in [-0.05, 0) is 30.0 Å². The van der Waals surface area contributed by atoms with Crippen molar-refractivity contribution in [3.63, 3.8) is 0 Å². The van der Waals surface area contributed by atoms with Gasteiger partial charge in [0.1, 0.15) is 0 Å². The summed E-state index contributed by atoms with van der Waals surface area (Å²) in [4.78, 5) is 0.113. The Kier molecular flexibility index (Phi) is 4.43.